The third kappa shape index (κ3) is 2.56. The Morgan fingerprint density at radius 3 is 2.87 bits per heavy atom. The number of rotatable bonds is 3. The van der Waals surface area contributed by atoms with Crippen molar-refractivity contribution < 1.29 is 9.13 Å². The number of para-hydroxylation sites is 1. The van der Waals surface area contributed by atoms with Gasteiger partial charge in [0.15, 0.2) is 16.3 Å². The second kappa shape index (κ2) is 4.44. The van der Waals surface area contributed by atoms with Gasteiger partial charge in [0.05, 0.1) is 11.9 Å². The molecular formula is C10H8BrFN2O. The van der Waals surface area contributed by atoms with E-state index in [2.05, 4.69) is 25.9 Å². The van der Waals surface area contributed by atoms with Crippen LogP contribution in [0, 0.1) is 5.82 Å². The zero-order valence-corrected chi connectivity index (χ0v) is 9.29. The fourth-order valence-corrected chi connectivity index (χ4v) is 1.48. The SMILES string of the molecule is Fc1ccccc1OCc1cnc(Br)[nH]1. The predicted molar refractivity (Wildman–Crippen MR) is 57.0 cm³/mol. The molecule has 0 fully saturated rings. The molecule has 0 aliphatic heterocycles. The molecule has 78 valence electrons. The number of nitrogens with one attached hydrogen (secondary N) is 1. The molecule has 0 bridgehead atoms. The number of aromatic amines is 1. The largest absolute Gasteiger partial charge is 0.484 e. The van der Waals surface area contributed by atoms with Crippen LogP contribution in [0.15, 0.2) is 35.2 Å². The Balaban J connectivity index is 2.02. The highest BCUT2D eigenvalue weighted by molar-refractivity contribution is 9.10. The van der Waals surface area contributed by atoms with Gasteiger partial charge in [0.1, 0.15) is 6.61 Å². The number of hydrogen-bond donors (Lipinski definition) is 1. The summed E-state index contributed by atoms with van der Waals surface area (Å²) in [5, 5.41) is 0. The highest BCUT2D eigenvalue weighted by Gasteiger charge is 2.03. The number of ether oxygens (including phenoxy) is 1. The van der Waals surface area contributed by atoms with E-state index in [1.54, 1.807) is 24.4 Å². The van der Waals surface area contributed by atoms with E-state index >= 15 is 0 Å². The summed E-state index contributed by atoms with van der Waals surface area (Å²) in [6, 6.07) is 6.29. The predicted octanol–water partition coefficient (Wildman–Crippen LogP) is 2.89. The van der Waals surface area contributed by atoms with Crippen LogP contribution in [-0.4, -0.2) is 9.97 Å². The maximum atomic E-state index is 13.1. The van der Waals surface area contributed by atoms with E-state index in [4.69, 9.17) is 4.74 Å². The van der Waals surface area contributed by atoms with Crippen molar-refractivity contribution in [1.82, 2.24) is 9.97 Å². The summed E-state index contributed by atoms with van der Waals surface area (Å²) in [5.41, 5.74) is 0.783. The molecule has 2 rings (SSSR count). The fourth-order valence-electron chi connectivity index (χ4n) is 1.12. The van der Waals surface area contributed by atoms with E-state index < -0.39 is 0 Å². The average molecular weight is 271 g/mol. The van der Waals surface area contributed by atoms with E-state index in [9.17, 15) is 4.39 Å². The molecule has 0 aliphatic rings. The van der Waals surface area contributed by atoms with Crippen LogP contribution in [-0.2, 0) is 6.61 Å². The van der Waals surface area contributed by atoms with Crippen LogP contribution in [0.1, 0.15) is 5.69 Å². The third-order valence-corrected chi connectivity index (χ3v) is 2.22. The van der Waals surface area contributed by atoms with Crippen molar-refractivity contribution in [3.63, 3.8) is 0 Å². The van der Waals surface area contributed by atoms with Crippen molar-refractivity contribution in [3.05, 3.63) is 46.7 Å². The lowest BCUT2D eigenvalue weighted by Gasteiger charge is -2.04. The van der Waals surface area contributed by atoms with Crippen molar-refractivity contribution in [3.8, 4) is 5.75 Å². The quantitative estimate of drug-likeness (QED) is 0.932. The molecule has 15 heavy (non-hydrogen) atoms. The minimum absolute atomic E-state index is 0.239. The van der Waals surface area contributed by atoms with Gasteiger partial charge in [0.25, 0.3) is 0 Å². The zero-order chi connectivity index (χ0) is 10.7. The summed E-state index contributed by atoms with van der Waals surface area (Å²) in [6.07, 6.45) is 1.63. The molecule has 0 saturated carbocycles. The van der Waals surface area contributed by atoms with Gasteiger partial charge in [0, 0.05) is 0 Å². The molecule has 3 nitrogen and oxygen atoms in total. The standard InChI is InChI=1S/C10H8BrFN2O/c11-10-13-5-7(14-10)6-15-9-4-2-1-3-8(9)12/h1-5H,6H2,(H,13,14). The number of benzene rings is 1. The first kappa shape index (κ1) is 10.2. The average Bonchev–Trinajstić information content (AvgIpc) is 2.63. The van der Waals surface area contributed by atoms with Gasteiger partial charge in [-0.05, 0) is 28.1 Å². The van der Waals surface area contributed by atoms with Crippen LogP contribution >= 0.6 is 15.9 Å². The van der Waals surface area contributed by atoms with Gasteiger partial charge in [-0.25, -0.2) is 9.37 Å². The van der Waals surface area contributed by atoms with Crippen LogP contribution in [0.2, 0.25) is 0 Å². The topological polar surface area (TPSA) is 37.9 Å². The van der Waals surface area contributed by atoms with Crippen LogP contribution in [0.25, 0.3) is 0 Å². The van der Waals surface area contributed by atoms with E-state index in [0.29, 0.717) is 4.73 Å². The van der Waals surface area contributed by atoms with Crippen molar-refractivity contribution in [2.24, 2.45) is 0 Å². The number of halogens is 2. The first-order valence-electron chi connectivity index (χ1n) is 4.32. The molecule has 2 aromatic rings. The number of nitrogens with zero attached hydrogens (tertiary/aromatic N) is 1. The molecule has 1 aromatic carbocycles. The lowest BCUT2D eigenvalue weighted by Crippen LogP contribution is -1.97. The number of imidazole rings is 1. The molecule has 0 unspecified atom stereocenters. The monoisotopic (exact) mass is 270 g/mol. The van der Waals surface area contributed by atoms with Gasteiger partial charge in [-0.2, -0.15) is 0 Å². The molecule has 1 heterocycles. The van der Waals surface area contributed by atoms with E-state index in [1.165, 1.54) is 6.07 Å². The molecule has 1 N–H and O–H groups in total. The third-order valence-electron chi connectivity index (χ3n) is 1.82. The summed E-state index contributed by atoms with van der Waals surface area (Å²) < 4.78 is 19.0. The van der Waals surface area contributed by atoms with E-state index in [-0.39, 0.29) is 18.2 Å². The van der Waals surface area contributed by atoms with Crippen LogP contribution in [0.5, 0.6) is 5.75 Å². The summed E-state index contributed by atoms with van der Waals surface area (Å²) in [4.78, 5) is 6.86. The zero-order valence-electron chi connectivity index (χ0n) is 7.71. The van der Waals surface area contributed by atoms with Crippen molar-refractivity contribution in [2.45, 2.75) is 6.61 Å². The molecule has 5 heteroatoms. The summed E-state index contributed by atoms with van der Waals surface area (Å²) in [7, 11) is 0. The van der Waals surface area contributed by atoms with Crippen LogP contribution < -0.4 is 4.74 Å². The lowest BCUT2D eigenvalue weighted by molar-refractivity contribution is 0.286. The molecule has 0 aliphatic carbocycles. The smallest absolute Gasteiger partial charge is 0.174 e. The molecule has 1 aromatic heterocycles. The van der Waals surface area contributed by atoms with Crippen molar-refractivity contribution in [1.29, 1.82) is 0 Å². The molecule has 0 radical (unpaired) electrons. The summed E-state index contributed by atoms with van der Waals surface area (Å²) in [6.45, 7) is 0.263. The Bertz CT molecular complexity index is 458. The number of aromatic nitrogens is 2. The molecular weight excluding hydrogens is 263 g/mol. The van der Waals surface area contributed by atoms with Gasteiger partial charge < -0.3 is 9.72 Å². The van der Waals surface area contributed by atoms with Gasteiger partial charge in [-0.3, -0.25) is 0 Å². The van der Waals surface area contributed by atoms with Crippen molar-refractivity contribution >= 4 is 15.9 Å². The Kier molecular flexibility index (Phi) is 3.01. The second-order valence-electron chi connectivity index (χ2n) is 2.92. The molecule has 0 saturated heterocycles. The molecule has 0 spiro atoms. The van der Waals surface area contributed by atoms with Crippen molar-refractivity contribution in [2.75, 3.05) is 0 Å². The first-order chi connectivity index (χ1) is 7.25. The van der Waals surface area contributed by atoms with Gasteiger partial charge in [-0.15, -0.1) is 0 Å². The normalized spacial score (nSPS) is 10.3. The van der Waals surface area contributed by atoms with Gasteiger partial charge >= 0.3 is 0 Å². The Labute approximate surface area is 94.4 Å². The Hall–Kier alpha value is -1.36. The molecule has 0 atom stereocenters. The van der Waals surface area contributed by atoms with Gasteiger partial charge in [-0.1, -0.05) is 12.1 Å². The second-order valence-corrected chi connectivity index (χ2v) is 3.67. The van der Waals surface area contributed by atoms with E-state index in [1.807, 2.05) is 0 Å². The highest BCUT2D eigenvalue weighted by Crippen LogP contribution is 2.16. The lowest BCUT2D eigenvalue weighted by atomic mass is 10.3. The molecule has 0 amide bonds. The minimum Gasteiger partial charge on any atom is -0.484 e. The summed E-state index contributed by atoms with van der Waals surface area (Å²) in [5.74, 6) is -0.126. The fraction of sp³-hybridized carbons (Fsp3) is 0.100. The maximum absolute atomic E-state index is 13.1. The first-order valence-corrected chi connectivity index (χ1v) is 5.12. The summed E-state index contributed by atoms with van der Waals surface area (Å²) >= 11 is 3.18. The highest BCUT2D eigenvalue weighted by atomic mass is 79.9. The van der Waals surface area contributed by atoms with Gasteiger partial charge in [0.2, 0.25) is 0 Å². The minimum atomic E-state index is -0.365. The van der Waals surface area contributed by atoms with E-state index in [0.717, 1.165) is 5.69 Å². The number of H-pyrrole nitrogens is 1. The number of hydrogen-bond acceptors (Lipinski definition) is 2. The van der Waals surface area contributed by atoms with Crippen LogP contribution in [0.3, 0.4) is 0 Å². The van der Waals surface area contributed by atoms with Crippen LogP contribution in [0.4, 0.5) is 4.39 Å². The maximum Gasteiger partial charge on any atom is 0.174 e. The Morgan fingerprint density at radius 1 is 1.40 bits per heavy atom. The Morgan fingerprint density at radius 2 is 2.20 bits per heavy atom.